The number of aryl methyl sites for hydroxylation is 5. The SMILES string of the molecule is Cc1nc(C)c(CCc2ccccc2)nc1C. The molecule has 0 saturated carbocycles. The molecule has 0 saturated heterocycles. The number of hydrogen-bond acceptors (Lipinski definition) is 2. The van der Waals surface area contributed by atoms with Crippen molar-refractivity contribution >= 4 is 0 Å². The first-order valence-electron chi connectivity index (χ1n) is 6.01. The van der Waals surface area contributed by atoms with Crippen molar-refractivity contribution in [2.24, 2.45) is 0 Å². The molecular formula is C15H18N2. The van der Waals surface area contributed by atoms with E-state index in [1.807, 2.05) is 26.8 Å². The van der Waals surface area contributed by atoms with E-state index in [1.54, 1.807) is 0 Å². The molecule has 1 aromatic carbocycles. The minimum atomic E-state index is 0.962. The fourth-order valence-electron chi connectivity index (χ4n) is 1.91. The van der Waals surface area contributed by atoms with Crippen LogP contribution in [0.15, 0.2) is 30.3 Å². The predicted molar refractivity (Wildman–Crippen MR) is 70.1 cm³/mol. The molecule has 0 N–H and O–H groups in total. The van der Waals surface area contributed by atoms with E-state index in [-0.39, 0.29) is 0 Å². The van der Waals surface area contributed by atoms with Crippen LogP contribution < -0.4 is 0 Å². The number of nitrogens with zero attached hydrogens (tertiary/aromatic N) is 2. The molecule has 0 amide bonds. The molecule has 2 rings (SSSR count). The molecule has 0 unspecified atom stereocenters. The third-order valence-corrected chi connectivity index (χ3v) is 3.07. The molecule has 0 atom stereocenters. The molecule has 0 bridgehead atoms. The molecule has 17 heavy (non-hydrogen) atoms. The van der Waals surface area contributed by atoms with E-state index < -0.39 is 0 Å². The normalized spacial score (nSPS) is 10.5. The Morgan fingerprint density at radius 3 is 2.12 bits per heavy atom. The van der Waals surface area contributed by atoms with Crippen molar-refractivity contribution in [3.05, 3.63) is 58.7 Å². The van der Waals surface area contributed by atoms with Gasteiger partial charge in [0, 0.05) is 0 Å². The van der Waals surface area contributed by atoms with Crippen LogP contribution in [-0.2, 0) is 12.8 Å². The molecule has 88 valence electrons. The molecule has 0 aliphatic heterocycles. The number of rotatable bonds is 3. The molecular weight excluding hydrogens is 208 g/mol. The van der Waals surface area contributed by atoms with Crippen LogP contribution >= 0.6 is 0 Å². The summed E-state index contributed by atoms with van der Waals surface area (Å²) >= 11 is 0. The van der Waals surface area contributed by atoms with Gasteiger partial charge in [-0.05, 0) is 39.2 Å². The zero-order valence-corrected chi connectivity index (χ0v) is 10.7. The van der Waals surface area contributed by atoms with Crippen LogP contribution in [-0.4, -0.2) is 9.97 Å². The second-order valence-corrected chi connectivity index (χ2v) is 4.41. The Morgan fingerprint density at radius 2 is 1.41 bits per heavy atom. The van der Waals surface area contributed by atoms with Gasteiger partial charge in [-0.2, -0.15) is 0 Å². The monoisotopic (exact) mass is 226 g/mol. The van der Waals surface area contributed by atoms with Gasteiger partial charge in [0.05, 0.1) is 22.8 Å². The number of benzene rings is 1. The first kappa shape index (κ1) is 11.8. The Hall–Kier alpha value is -1.70. The Bertz CT molecular complexity index is 504. The molecule has 0 aliphatic rings. The summed E-state index contributed by atoms with van der Waals surface area (Å²) in [7, 11) is 0. The minimum absolute atomic E-state index is 0.962. The molecule has 2 heteroatoms. The molecule has 2 nitrogen and oxygen atoms in total. The van der Waals surface area contributed by atoms with Crippen molar-refractivity contribution in [3.63, 3.8) is 0 Å². The smallest absolute Gasteiger partial charge is 0.0622 e. The van der Waals surface area contributed by atoms with Crippen LogP contribution in [0.5, 0.6) is 0 Å². The van der Waals surface area contributed by atoms with Crippen LogP contribution in [0.3, 0.4) is 0 Å². The average Bonchev–Trinajstić information content (AvgIpc) is 2.33. The van der Waals surface area contributed by atoms with Gasteiger partial charge in [-0.25, -0.2) is 0 Å². The maximum atomic E-state index is 4.62. The molecule has 1 heterocycles. The number of aromatic nitrogens is 2. The average molecular weight is 226 g/mol. The van der Waals surface area contributed by atoms with E-state index in [0.717, 1.165) is 35.6 Å². The van der Waals surface area contributed by atoms with Crippen LogP contribution in [0.25, 0.3) is 0 Å². The van der Waals surface area contributed by atoms with Gasteiger partial charge in [-0.1, -0.05) is 30.3 Å². The van der Waals surface area contributed by atoms with Crippen molar-refractivity contribution in [1.29, 1.82) is 0 Å². The van der Waals surface area contributed by atoms with Gasteiger partial charge in [-0.15, -0.1) is 0 Å². The molecule has 0 aliphatic carbocycles. The summed E-state index contributed by atoms with van der Waals surface area (Å²) in [5.41, 5.74) is 5.61. The van der Waals surface area contributed by atoms with Gasteiger partial charge in [-0.3, -0.25) is 9.97 Å². The van der Waals surface area contributed by atoms with Gasteiger partial charge < -0.3 is 0 Å². The summed E-state index contributed by atoms with van der Waals surface area (Å²) in [5.74, 6) is 0. The zero-order valence-electron chi connectivity index (χ0n) is 10.7. The summed E-state index contributed by atoms with van der Waals surface area (Å²) in [4.78, 5) is 9.15. The van der Waals surface area contributed by atoms with E-state index in [0.29, 0.717) is 0 Å². The Kier molecular flexibility index (Phi) is 3.52. The van der Waals surface area contributed by atoms with E-state index in [9.17, 15) is 0 Å². The molecule has 1 aromatic heterocycles. The van der Waals surface area contributed by atoms with Crippen molar-refractivity contribution in [2.45, 2.75) is 33.6 Å². The molecule has 2 aromatic rings. The summed E-state index contributed by atoms with van der Waals surface area (Å²) in [6, 6.07) is 10.5. The van der Waals surface area contributed by atoms with Crippen LogP contribution in [0.4, 0.5) is 0 Å². The standard InChI is InChI=1S/C15H18N2/c1-11-12(2)17-15(13(3)16-11)10-9-14-7-5-4-6-8-14/h4-8H,9-10H2,1-3H3. The molecule has 0 fully saturated rings. The van der Waals surface area contributed by atoms with Crippen LogP contribution in [0.2, 0.25) is 0 Å². The van der Waals surface area contributed by atoms with Gasteiger partial charge in [0.15, 0.2) is 0 Å². The van der Waals surface area contributed by atoms with E-state index in [2.05, 4.69) is 34.2 Å². The van der Waals surface area contributed by atoms with Gasteiger partial charge in [0.25, 0.3) is 0 Å². The Morgan fingerprint density at radius 1 is 0.765 bits per heavy atom. The first-order chi connectivity index (χ1) is 8.16. The van der Waals surface area contributed by atoms with Crippen molar-refractivity contribution in [2.75, 3.05) is 0 Å². The Balaban J connectivity index is 2.12. The highest BCUT2D eigenvalue weighted by molar-refractivity contribution is 5.21. The third-order valence-electron chi connectivity index (χ3n) is 3.07. The topological polar surface area (TPSA) is 25.8 Å². The maximum absolute atomic E-state index is 4.62. The lowest BCUT2D eigenvalue weighted by atomic mass is 10.1. The Labute approximate surface area is 103 Å². The van der Waals surface area contributed by atoms with Gasteiger partial charge >= 0.3 is 0 Å². The zero-order chi connectivity index (χ0) is 12.3. The minimum Gasteiger partial charge on any atom is -0.255 e. The van der Waals surface area contributed by atoms with E-state index >= 15 is 0 Å². The lowest BCUT2D eigenvalue weighted by molar-refractivity contribution is 0.850. The first-order valence-corrected chi connectivity index (χ1v) is 6.01. The quantitative estimate of drug-likeness (QED) is 0.803. The van der Waals surface area contributed by atoms with Crippen molar-refractivity contribution < 1.29 is 0 Å². The summed E-state index contributed by atoms with van der Waals surface area (Å²) in [6.07, 6.45) is 1.99. The van der Waals surface area contributed by atoms with Gasteiger partial charge in [0.1, 0.15) is 0 Å². The highest BCUT2D eigenvalue weighted by atomic mass is 14.8. The summed E-state index contributed by atoms with van der Waals surface area (Å²) in [6.45, 7) is 6.07. The van der Waals surface area contributed by atoms with Crippen molar-refractivity contribution in [3.8, 4) is 0 Å². The lowest BCUT2D eigenvalue weighted by Gasteiger charge is -2.07. The maximum Gasteiger partial charge on any atom is 0.0622 e. The summed E-state index contributed by atoms with van der Waals surface area (Å²) in [5, 5.41) is 0. The van der Waals surface area contributed by atoms with Crippen molar-refractivity contribution in [1.82, 2.24) is 9.97 Å². The van der Waals surface area contributed by atoms with Crippen LogP contribution in [0.1, 0.15) is 28.3 Å². The third kappa shape index (κ3) is 2.90. The highest BCUT2D eigenvalue weighted by Crippen LogP contribution is 2.10. The second kappa shape index (κ2) is 5.09. The van der Waals surface area contributed by atoms with E-state index in [1.165, 1.54) is 5.56 Å². The molecule has 0 spiro atoms. The largest absolute Gasteiger partial charge is 0.255 e. The number of hydrogen-bond donors (Lipinski definition) is 0. The lowest BCUT2D eigenvalue weighted by Crippen LogP contribution is -2.04. The fourth-order valence-corrected chi connectivity index (χ4v) is 1.91. The van der Waals surface area contributed by atoms with E-state index in [4.69, 9.17) is 0 Å². The van der Waals surface area contributed by atoms with Gasteiger partial charge in [0.2, 0.25) is 0 Å². The predicted octanol–water partition coefficient (Wildman–Crippen LogP) is 3.19. The van der Waals surface area contributed by atoms with Crippen LogP contribution in [0, 0.1) is 20.8 Å². The highest BCUT2D eigenvalue weighted by Gasteiger charge is 2.05. The summed E-state index contributed by atoms with van der Waals surface area (Å²) < 4.78 is 0. The fraction of sp³-hybridized carbons (Fsp3) is 0.333. The molecule has 0 radical (unpaired) electrons. The second-order valence-electron chi connectivity index (χ2n) is 4.41.